The minimum absolute atomic E-state index is 1.01. The fraction of sp³-hybridized carbons (Fsp3) is 0.676. The molecule has 218 valence electrons. The van der Waals surface area contributed by atoms with E-state index in [4.69, 9.17) is 0 Å². The largest absolute Gasteiger partial charge is 0.415 e. The van der Waals surface area contributed by atoms with Gasteiger partial charge in [0, 0.05) is 11.1 Å². The van der Waals surface area contributed by atoms with Crippen LogP contribution >= 0.6 is 7.80 Å². The lowest BCUT2D eigenvalue weighted by Gasteiger charge is -2.24. The molecule has 0 saturated carbocycles. The molecule has 0 fully saturated rings. The molecule has 39 heavy (non-hydrogen) atoms. The van der Waals surface area contributed by atoms with Gasteiger partial charge in [0.1, 0.15) is 0 Å². The third-order valence-corrected chi connectivity index (χ3v) is 10.1. The molecule has 0 bridgehead atoms. The Bertz CT molecular complexity index is 901. The average molecular weight is 552 g/mol. The molecule has 0 aliphatic rings. The molecule has 2 heteroatoms. The SMILES string of the molecule is CCCCCc1c(CCCCC)c(CCCCC)c([P+](=O)c2ccccc2)c(CCCCC)c1CCCCC. The van der Waals surface area contributed by atoms with Crippen LogP contribution in [-0.4, -0.2) is 0 Å². The highest BCUT2D eigenvalue weighted by atomic mass is 31.1. The van der Waals surface area contributed by atoms with Gasteiger partial charge in [-0.05, 0) is 93.0 Å². The minimum atomic E-state index is -1.60. The molecule has 0 heterocycles. The Hall–Kier alpha value is -1.46. The van der Waals surface area contributed by atoms with Crippen molar-refractivity contribution in [2.45, 2.75) is 163 Å². The van der Waals surface area contributed by atoms with Gasteiger partial charge in [-0.25, -0.2) is 0 Å². The van der Waals surface area contributed by atoms with Gasteiger partial charge >= 0.3 is 7.80 Å². The highest BCUT2D eigenvalue weighted by Gasteiger charge is 2.35. The predicted molar refractivity (Wildman–Crippen MR) is 176 cm³/mol. The third-order valence-electron chi connectivity index (χ3n) is 8.37. The Morgan fingerprint density at radius 2 is 0.744 bits per heavy atom. The molecule has 0 aliphatic heterocycles. The topological polar surface area (TPSA) is 17.1 Å². The molecule has 1 atom stereocenters. The van der Waals surface area contributed by atoms with E-state index in [1.165, 1.54) is 119 Å². The Labute approximate surface area is 243 Å². The molecule has 0 aliphatic carbocycles. The van der Waals surface area contributed by atoms with Crippen molar-refractivity contribution in [3.63, 3.8) is 0 Å². The Kier molecular flexibility index (Phi) is 17.7. The first-order valence-electron chi connectivity index (χ1n) is 16.8. The molecule has 0 amide bonds. The number of unbranched alkanes of at least 4 members (excludes halogenated alkanes) is 10. The highest BCUT2D eigenvalue weighted by molar-refractivity contribution is 7.61. The van der Waals surface area contributed by atoms with E-state index in [-0.39, 0.29) is 0 Å². The lowest BCUT2D eigenvalue weighted by atomic mass is 9.81. The maximum absolute atomic E-state index is 14.6. The van der Waals surface area contributed by atoms with Gasteiger partial charge in [-0.2, -0.15) is 0 Å². The van der Waals surface area contributed by atoms with Crippen molar-refractivity contribution in [1.82, 2.24) is 0 Å². The maximum atomic E-state index is 14.6. The smallest absolute Gasteiger partial charge is 0.0654 e. The summed E-state index contributed by atoms with van der Waals surface area (Å²) in [7, 11) is -1.60. The van der Waals surface area contributed by atoms with Gasteiger partial charge in [0.25, 0.3) is 0 Å². The number of rotatable bonds is 22. The van der Waals surface area contributed by atoms with Crippen LogP contribution in [0.1, 0.15) is 159 Å². The summed E-state index contributed by atoms with van der Waals surface area (Å²) in [6.07, 6.45) is 24.5. The standard InChI is InChI=1S/C37H60OP/c1-6-11-17-26-32-33(27-18-12-7-2)35(29-20-14-9-4)37(39(38)31-24-22-16-23-25-31)36(30-21-15-10-5)34(32)28-19-13-8-3/h16,22-25H,6-15,17-21,26-30H2,1-5H3/q+1. The minimum Gasteiger partial charge on any atom is -0.0654 e. The summed E-state index contributed by atoms with van der Waals surface area (Å²) in [5.74, 6) is 0. The lowest BCUT2D eigenvalue weighted by molar-refractivity contribution is 0.597. The summed E-state index contributed by atoms with van der Waals surface area (Å²) >= 11 is 0. The number of benzene rings is 2. The van der Waals surface area contributed by atoms with Gasteiger partial charge in [-0.1, -0.05) is 122 Å². The first-order chi connectivity index (χ1) is 19.1. The van der Waals surface area contributed by atoms with Crippen molar-refractivity contribution in [3.8, 4) is 0 Å². The zero-order valence-corrected chi connectivity index (χ0v) is 27.3. The quantitative estimate of drug-likeness (QED) is 0.105. The van der Waals surface area contributed by atoms with E-state index in [2.05, 4.69) is 65.0 Å². The molecule has 2 aromatic carbocycles. The predicted octanol–water partition coefficient (Wildman–Crippen LogP) is 11.1. The first-order valence-corrected chi connectivity index (χ1v) is 18.1. The van der Waals surface area contributed by atoms with Crippen molar-refractivity contribution < 1.29 is 4.57 Å². The molecule has 0 spiro atoms. The van der Waals surface area contributed by atoms with Crippen LogP contribution in [0.25, 0.3) is 0 Å². The molecule has 0 aromatic heterocycles. The van der Waals surface area contributed by atoms with E-state index in [1.54, 1.807) is 16.7 Å². The van der Waals surface area contributed by atoms with Crippen LogP contribution in [0.5, 0.6) is 0 Å². The summed E-state index contributed by atoms with van der Waals surface area (Å²) in [5.41, 5.74) is 7.93. The third kappa shape index (κ3) is 10.8. The molecular weight excluding hydrogens is 491 g/mol. The molecular formula is C37H60OP+. The molecule has 0 radical (unpaired) electrons. The van der Waals surface area contributed by atoms with Crippen molar-refractivity contribution in [3.05, 3.63) is 58.1 Å². The van der Waals surface area contributed by atoms with Crippen LogP contribution in [0.3, 0.4) is 0 Å². The van der Waals surface area contributed by atoms with Crippen LogP contribution in [0, 0.1) is 0 Å². The molecule has 0 N–H and O–H groups in total. The second kappa shape index (κ2) is 20.4. The van der Waals surface area contributed by atoms with Crippen LogP contribution in [0.15, 0.2) is 30.3 Å². The van der Waals surface area contributed by atoms with E-state index in [1.807, 2.05) is 0 Å². The van der Waals surface area contributed by atoms with Crippen LogP contribution < -0.4 is 10.6 Å². The molecule has 1 unspecified atom stereocenters. The summed E-state index contributed by atoms with van der Waals surface area (Å²) < 4.78 is 14.6. The Morgan fingerprint density at radius 3 is 1.08 bits per heavy atom. The second-order valence-electron chi connectivity index (χ2n) is 11.7. The summed E-state index contributed by atoms with van der Waals surface area (Å²) in [6, 6.07) is 10.4. The molecule has 2 rings (SSSR count). The van der Waals surface area contributed by atoms with E-state index >= 15 is 0 Å². The zero-order chi connectivity index (χ0) is 28.3. The summed E-state index contributed by atoms with van der Waals surface area (Å²) in [5, 5.41) is 2.28. The van der Waals surface area contributed by atoms with Crippen molar-refractivity contribution in [2.24, 2.45) is 0 Å². The maximum Gasteiger partial charge on any atom is 0.415 e. The van der Waals surface area contributed by atoms with Gasteiger partial charge in [0.2, 0.25) is 5.30 Å². The fourth-order valence-electron chi connectivity index (χ4n) is 6.15. The van der Waals surface area contributed by atoms with Crippen molar-refractivity contribution in [2.75, 3.05) is 0 Å². The van der Waals surface area contributed by atoms with Crippen molar-refractivity contribution >= 4 is 18.4 Å². The Balaban J connectivity index is 2.87. The van der Waals surface area contributed by atoms with Crippen LogP contribution in [0.2, 0.25) is 0 Å². The first kappa shape index (κ1) is 33.7. The van der Waals surface area contributed by atoms with E-state index in [0.29, 0.717) is 0 Å². The van der Waals surface area contributed by atoms with Gasteiger partial charge in [-0.15, -0.1) is 0 Å². The summed E-state index contributed by atoms with van der Waals surface area (Å²) in [4.78, 5) is 0. The van der Waals surface area contributed by atoms with E-state index in [0.717, 1.165) is 31.0 Å². The van der Waals surface area contributed by atoms with Gasteiger partial charge in [-0.3, -0.25) is 0 Å². The number of hydrogen-bond donors (Lipinski definition) is 0. The van der Waals surface area contributed by atoms with Gasteiger partial charge in [0.05, 0.1) is 0 Å². The molecule has 2 aromatic rings. The van der Waals surface area contributed by atoms with Crippen LogP contribution in [-0.2, 0) is 36.7 Å². The normalized spacial score (nSPS) is 11.8. The highest BCUT2D eigenvalue weighted by Crippen LogP contribution is 2.36. The van der Waals surface area contributed by atoms with Crippen molar-refractivity contribution in [1.29, 1.82) is 0 Å². The fourth-order valence-corrected chi connectivity index (χ4v) is 7.84. The second-order valence-corrected chi connectivity index (χ2v) is 13.2. The Morgan fingerprint density at radius 1 is 0.436 bits per heavy atom. The van der Waals surface area contributed by atoms with E-state index in [9.17, 15) is 4.57 Å². The monoisotopic (exact) mass is 551 g/mol. The number of hydrogen-bond acceptors (Lipinski definition) is 1. The van der Waals surface area contributed by atoms with E-state index < -0.39 is 7.80 Å². The van der Waals surface area contributed by atoms with Gasteiger partial charge in [0.15, 0.2) is 5.30 Å². The summed E-state index contributed by atoms with van der Waals surface area (Å²) in [6.45, 7) is 11.6. The van der Waals surface area contributed by atoms with Crippen LogP contribution in [0.4, 0.5) is 0 Å². The van der Waals surface area contributed by atoms with Gasteiger partial charge < -0.3 is 0 Å². The molecule has 1 nitrogen and oxygen atoms in total. The average Bonchev–Trinajstić information content (AvgIpc) is 2.96. The molecule has 0 saturated heterocycles. The zero-order valence-electron chi connectivity index (χ0n) is 26.4. The lowest BCUT2D eigenvalue weighted by Crippen LogP contribution is -2.24.